The van der Waals surface area contributed by atoms with Gasteiger partial charge in [0.15, 0.2) is 0 Å². The summed E-state index contributed by atoms with van der Waals surface area (Å²) in [6.45, 7) is 1.24. The summed E-state index contributed by atoms with van der Waals surface area (Å²) in [6, 6.07) is 0. The molecule has 5 nitrogen and oxygen atoms in total. The SMILES string of the molecule is Nc1cn(CC2CCCCC2)c(=O)n(CC2CCCCC2)c1=O. The molecule has 0 saturated heterocycles. The average molecular weight is 319 g/mol. The Morgan fingerprint density at radius 1 is 0.870 bits per heavy atom. The van der Waals surface area contributed by atoms with E-state index in [-0.39, 0.29) is 16.9 Å². The van der Waals surface area contributed by atoms with Crippen molar-refractivity contribution < 1.29 is 0 Å². The van der Waals surface area contributed by atoms with E-state index in [4.69, 9.17) is 5.73 Å². The Bertz CT molecular complexity index is 635. The molecule has 0 atom stereocenters. The summed E-state index contributed by atoms with van der Waals surface area (Å²) in [6.07, 6.45) is 13.6. The smallest absolute Gasteiger partial charge is 0.331 e. The van der Waals surface area contributed by atoms with Crippen molar-refractivity contribution in [3.8, 4) is 0 Å². The first-order valence-corrected chi connectivity index (χ1v) is 9.25. The number of rotatable bonds is 4. The molecule has 1 heterocycles. The lowest BCUT2D eigenvalue weighted by Crippen LogP contribution is -2.43. The Labute approximate surface area is 137 Å². The van der Waals surface area contributed by atoms with E-state index < -0.39 is 0 Å². The Kier molecular flexibility index (Phi) is 5.23. The van der Waals surface area contributed by atoms with Crippen molar-refractivity contribution in [3.05, 3.63) is 27.0 Å². The topological polar surface area (TPSA) is 70.0 Å². The zero-order valence-electron chi connectivity index (χ0n) is 14.0. The molecular weight excluding hydrogens is 290 g/mol. The largest absolute Gasteiger partial charge is 0.393 e. The third-order valence-electron chi connectivity index (χ3n) is 5.61. The molecule has 0 spiro atoms. The van der Waals surface area contributed by atoms with Gasteiger partial charge in [0.1, 0.15) is 5.69 Å². The lowest BCUT2D eigenvalue weighted by molar-refractivity contribution is 0.293. The highest BCUT2D eigenvalue weighted by atomic mass is 16.2. The second kappa shape index (κ2) is 7.37. The maximum absolute atomic E-state index is 12.8. The van der Waals surface area contributed by atoms with E-state index in [1.54, 1.807) is 10.8 Å². The third kappa shape index (κ3) is 3.88. The van der Waals surface area contributed by atoms with Gasteiger partial charge in [-0.2, -0.15) is 0 Å². The van der Waals surface area contributed by atoms with Gasteiger partial charge in [0.2, 0.25) is 0 Å². The van der Waals surface area contributed by atoms with Gasteiger partial charge in [-0.15, -0.1) is 0 Å². The van der Waals surface area contributed by atoms with Gasteiger partial charge in [-0.1, -0.05) is 38.5 Å². The summed E-state index contributed by atoms with van der Waals surface area (Å²) in [7, 11) is 0. The number of hydrogen-bond donors (Lipinski definition) is 1. The Morgan fingerprint density at radius 2 is 1.39 bits per heavy atom. The minimum atomic E-state index is -0.305. The molecule has 0 bridgehead atoms. The fraction of sp³-hybridized carbons (Fsp3) is 0.778. The summed E-state index contributed by atoms with van der Waals surface area (Å²) < 4.78 is 3.09. The quantitative estimate of drug-likeness (QED) is 0.927. The predicted octanol–water partition coefficient (Wildman–Crippen LogP) is 2.75. The van der Waals surface area contributed by atoms with Crippen LogP contribution >= 0.6 is 0 Å². The van der Waals surface area contributed by atoms with Crippen LogP contribution in [-0.2, 0) is 13.1 Å². The highest BCUT2D eigenvalue weighted by Gasteiger charge is 2.20. The van der Waals surface area contributed by atoms with Gasteiger partial charge < -0.3 is 5.73 Å². The summed E-state index contributed by atoms with van der Waals surface area (Å²) >= 11 is 0. The van der Waals surface area contributed by atoms with Crippen LogP contribution in [0.4, 0.5) is 5.69 Å². The normalized spacial score (nSPS) is 20.7. The van der Waals surface area contributed by atoms with Crippen LogP contribution in [0.1, 0.15) is 64.2 Å². The summed E-state index contributed by atoms with van der Waals surface area (Å²) in [5, 5.41) is 0. The van der Waals surface area contributed by atoms with Crippen molar-refractivity contribution in [3.63, 3.8) is 0 Å². The Morgan fingerprint density at radius 3 is 1.96 bits per heavy atom. The van der Waals surface area contributed by atoms with E-state index in [9.17, 15) is 9.59 Å². The van der Waals surface area contributed by atoms with Gasteiger partial charge in [0, 0.05) is 19.3 Å². The predicted molar refractivity (Wildman–Crippen MR) is 92.5 cm³/mol. The molecule has 2 aliphatic rings. The molecule has 0 aromatic carbocycles. The number of nitrogens with zero attached hydrogens (tertiary/aromatic N) is 2. The maximum Gasteiger partial charge on any atom is 0.331 e. The zero-order valence-corrected chi connectivity index (χ0v) is 14.0. The lowest BCUT2D eigenvalue weighted by atomic mass is 9.89. The van der Waals surface area contributed by atoms with Gasteiger partial charge in [-0.25, -0.2) is 4.79 Å². The molecule has 0 radical (unpaired) electrons. The Balaban J connectivity index is 1.82. The molecule has 3 rings (SSSR count). The second-order valence-electron chi connectivity index (χ2n) is 7.44. The van der Waals surface area contributed by atoms with Crippen molar-refractivity contribution in [2.45, 2.75) is 77.3 Å². The first kappa shape index (κ1) is 16.3. The molecule has 128 valence electrons. The van der Waals surface area contributed by atoms with Gasteiger partial charge in [-0.05, 0) is 37.5 Å². The lowest BCUT2D eigenvalue weighted by Gasteiger charge is -2.24. The second-order valence-corrected chi connectivity index (χ2v) is 7.44. The molecule has 1 aromatic heterocycles. The summed E-state index contributed by atoms with van der Waals surface area (Å²) in [4.78, 5) is 25.1. The van der Waals surface area contributed by atoms with Crippen LogP contribution < -0.4 is 17.0 Å². The number of nitrogens with two attached hydrogens (primary N) is 1. The molecule has 2 fully saturated rings. The van der Waals surface area contributed by atoms with Gasteiger partial charge in [0.25, 0.3) is 5.56 Å². The zero-order chi connectivity index (χ0) is 16.2. The van der Waals surface area contributed by atoms with E-state index in [0.717, 1.165) is 12.8 Å². The van der Waals surface area contributed by atoms with Crippen LogP contribution in [0.5, 0.6) is 0 Å². The highest BCUT2D eigenvalue weighted by molar-refractivity contribution is 5.31. The maximum atomic E-state index is 12.8. The minimum Gasteiger partial charge on any atom is -0.393 e. The van der Waals surface area contributed by atoms with Crippen LogP contribution in [0.15, 0.2) is 15.8 Å². The summed E-state index contributed by atoms with van der Waals surface area (Å²) in [5.41, 5.74) is 5.64. The monoisotopic (exact) mass is 319 g/mol. The standard InChI is InChI=1S/C18H29N3O2/c19-16-13-20(11-14-7-3-1-4-8-14)18(23)21(17(16)22)12-15-9-5-2-6-10-15/h13-15H,1-12,19H2. The van der Waals surface area contributed by atoms with Crippen LogP contribution in [0.3, 0.4) is 0 Å². The van der Waals surface area contributed by atoms with Crippen LogP contribution in [0.2, 0.25) is 0 Å². The van der Waals surface area contributed by atoms with E-state index in [0.29, 0.717) is 24.9 Å². The van der Waals surface area contributed by atoms with Gasteiger partial charge in [0.05, 0.1) is 0 Å². The molecular formula is C18H29N3O2. The van der Waals surface area contributed by atoms with Crippen molar-refractivity contribution >= 4 is 5.69 Å². The molecule has 5 heteroatoms. The van der Waals surface area contributed by atoms with Gasteiger partial charge in [-0.3, -0.25) is 13.9 Å². The number of aromatic nitrogens is 2. The van der Waals surface area contributed by atoms with E-state index >= 15 is 0 Å². The average Bonchev–Trinajstić information content (AvgIpc) is 2.58. The molecule has 2 N–H and O–H groups in total. The molecule has 1 aromatic rings. The van der Waals surface area contributed by atoms with Gasteiger partial charge >= 0.3 is 5.69 Å². The summed E-state index contributed by atoms with van der Waals surface area (Å²) in [5.74, 6) is 0.987. The number of anilines is 1. The van der Waals surface area contributed by atoms with E-state index in [2.05, 4.69) is 0 Å². The first-order valence-electron chi connectivity index (χ1n) is 9.25. The number of nitrogen functional groups attached to an aromatic ring is 1. The molecule has 0 amide bonds. The van der Waals surface area contributed by atoms with Crippen molar-refractivity contribution in [2.75, 3.05) is 5.73 Å². The van der Waals surface area contributed by atoms with E-state index in [1.165, 1.54) is 55.9 Å². The molecule has 2 aliphatic carbocycles. The van der Waals surface area contributed by atoms with Crippen molar-refractivity contribution in [1.29, 1.82) is 0 Å². The Hall–Kier alpha value is -1.52. The molecule has 0 unspecified atom stereocenters. The molecule has 0 aliphatic heterocycles. The first-order chi connectivity index (χ1) is 11.1. The number of hydrogen-bond acceptors (Lipinski definition) is 3. The fourth-order valence-electron chi connectivity index (χ4n) is 4.24. The van der Waals surface area contributed by atoms with E-state index in [1.807, 2.05) is 0 Å². The minimum absolute atomic E-state index is 0.166. The molecule has 2 saturated carbocycles. The highest BCUT2D eigenvalue weighted by Crippen LogP contribution is 2.25. The van der Waals surface area contributed by atoms with Crippen LogP contribution in [0, 0.1) is 11.8 Å². The van der Waals surface area contributed by atoms with Crippen LogP contribution in [0.25, 0.3) is 0 Å². The third-order valence-corrected chi connectivity index (χ3v) is 5.61. The molecule has 23 heavy (non-hydrogen) atoms. The van der Waals surface area contributed by atoms with Crippen molar-refractivity contribution in [1.82, 2.24) is 9.13 Å². The van der Waals surface area contributed by atoms with Crippen molar-refractivity contribution in [2.24, 2.45) is 11.8 Å². The fourth-order valence-corrected chi connectivity index (χ4v) is 4.24. The van der Waals surface area contributed by atoms with Crippen LogP contribution in [-0.4, -0.2) is 9.13 Å².